The summed E-state index contributed by atoms with van der Waals surface area (Å²) in [4.78, 5) is 12.2. The molecular weight excluding hydrogens is 262 g/mol. The largest absolute Gasteiger partial charge is 0.285 e. The summed E-state index contributed by atoms with van der Waals surface area (Å²) < 4.78 is 1.37. The van der Waals surface area contributed by atoms with Crippen molar-refractivity contribution in [2.24, 2.45) is 0 Å². The van der Waals surface area contributed by atoms with Gasteiger partial charge in [0.1, 0.15) is 11.6 Å². The molecule has 4 heteroatoms. The van der Waals surface area contributed by atoms with Gasteiger partial charge in [0.15, 0.2) is 0 Å². The van der Waals surface area contributed by atoms with Crippen LogP contribution < -0.4 is 5.56 Å². The molecule has 0 aliphatic carbocycles. The molecule has 0 unspecified atom stereocenters. The fourth-order valence-electron chi connectivity index (χ4n) is 2.19. The number of nitriles is 1. The zero-order valence-corrected chi connectivity index (χ0v) is 12.8. The van der Waals surface area contributed by atoms with Crippen LogP contribution in [0.3, 0.4) is 0 Å². The summed E-state index contributed by atoms with van der Waals surface area (Å²) in [5.41, 5.74) is 3.49. The van der Waals surface area contributed by atoms with E-state index in [4.69, 9.17) is 5.26 Å². The molecule has 0 atom stereocenters. The Hall–Kier alpha value is -2.41. The number of hydrogen-bond donors (Lipinski definition) is 0. The van der Waals surface area contributed by atoms with E-state index in [-0.39, 0.29) is 11.1 Å². The zero-order valence-electron chi connectivity index (χ0n) is 12.8. The van der Waals surface area contributed by atoms with Crippen molar-refractivity contribution in [2.75, 3.05) is 0 Å². The maximum Gasteiger partial charge on any atom is 0.285 e. The smallest absolute Gasteiger partial charge is 0.266 e. The normalized spacial score (nSPS) is 10.7. The first kappa shape index (κ1) is 15.0. The summed E-state index contributed by atoms with van der Waals surface area (Å²) in [6, 6.07) is 10.1. The minimum atomic E-state index is -0.325. The summed E-state index contributed by atoms with van der Waals surface area (Å²) in [5, 5.41) is 13.4. The molecule has 0 saturated carbocycles. The molecule has 2 aromatic rings. The van der Waals surface area contributed by atoms with Crippen LogP contribution in [0.2, 0.25) is 0 Å². The van der Waals surface area contributed by atoms with Crippen LogP contribution in [0.15, 0.2) is 29.1 Å². The SMILES string of the molecule is Cc1nn(Cc2ccc(C(C)C)cc2)c(=O)c(C#N)c1C. The van der Waals surface area contributed by atoms with Crippen LogP contribution >= 0.6 is 0 Å². The van der Waals surface area contributed by atoms with Crippen molar-refractivity contribution >= 4 is 0 Å². The molecule has 0 aliphatic rings. The van der Waals surface area contributed by atoms with Gasteiger partial charge in [-0.25, -0.2) is 4.68 Å². The molecule has 4 nitrogen and oxygen atoms in total. The first-order valence-corrected chi connectivity index (χ1v) is 7.01. The molecule has 0 aliphatic heterocycles. The average Bonchev–Trinajstić information content (AvgIpc) is 2.46. The second kappa shape index (κ2) is 5.92. The minimum Gasteiger partial charge on any atom is -0.266 e. The number of rotatable bonds is 3. The third-order valence-electron chi connectivity index (χ3n) is 3.73. The highest BCUT2D eigenvalue weighted by Gasteiger charge is 2.11. The first-order chi connectivity index (χ1) is 9.93. The van der Waals surface area contributed by atoms with Crippen LogP contribution in [0.25, 0.3) is 0 Å². The van der Waals surface area contributed by atoms with E-state index in [1.54, 1.807) is 6.92 Å². The highest BCUT2D eigenvalue weighted by Crippen LogP contribution is 2.15. The molecule has 0 amide bonds. The van der Waals surface area contributed by atoms with Crippen LogP contribution in [0.5, 0.6) is 0 Å². The molecule has 1 aromatic carbocycles. The van der Waals surface area contributed by atoms with E-state index in [0.717, 1.165) is 5.56 Å². The van der Waals surface area contributed by atoms with E-state index in [9.17, 15) is 4.79 Å². The van der Waals surface area contributed by atoms with Gasteiger partial charge in [-0.05, 0) is 36.5 Å². The second-order valence-electron chi connectivity index (χ2n) is 5.56. The van der Waals surface area contributed by atoms with Gasteiger partial charge in [-0.15, -0.1) is 0 Å². The van der Waals surface area contributed by atoms with Crippen molar-refractivity contribution in [3.05, 3.63) is 62.6 Å². The number of benzene rings is 1. The Bertz CT molecular complexity index is 749. The predicted octanol–water partition coefficient (Wildman–Crippen LogP) is 2.90. The van der Waals surface area contributed by atoms with Gasteiger partial charge in [-0.3, -0.25) is 4.79 Å². The number of aryl methyl sites for hydroxylation is 1. The lowest BCUT2D eigenvalue weighted by Gasteiger charge is -2.10. The van der Waals surface area contributed by atoms with Crippen LogP contribution in [0.4, 0.5) is 0 Å². The van der Waals surface area contributed by atoms with Gasteiger partial charge in [0, 0.05) is 0 Å². The maximum absolute atomic E-state index is 12.2. The summed E-state index contributed by atoms with van der Waals surface area (Å²) in [5.74, 6) is 0.478. The number of aromatic nitrogens is 2. The van der Waals surface area contributed by atoms with Gasteiger partial charge >= 0.3 is 0 Å². The summed E-state index contributed by atoms with van der Waals surface area (Å²) in [6.07, 6.45) is 0. The number of hydrogen-bond acceptors (Lipinski definition) is 3. The van der Waals surface area contributed by atoms with Crippen molar-refractivity contribution in [1.29, 1.82) is 5.26 Å². The average molecular weight is 281 g/mol. The van der Waals surface area contributed by atoms with E-state index in [1.807, 2.05) is 25.1 Å². The lowest BCUT2D eigenvalue weighted by atomic mass is 10.0. The Morgan fingerprint density at radius 1 is 1.24 bits per heavy atom. The molecule has 21 heavy (non-hydrogen) atoms. The third-order valence-corrected chi connectivity index (χ3v) is 3.73. The Morgan fingerprint density at radius 3 is 2.38 bits per heavy atom. The molecule has 2 rings (SSSR count). The molecule has 0 saturated heterocycles. The molecule has 1 aromatic heterocycles. The maximum atomic E-state index is 12.2. The van der Waals surface area contributed by atoms with E-state index in [0.29, 0.717) is 23.7 Å². The number of nitrogens with zero attached hydrogens (tertiary/aromatic N) is 3. The van der Waals surface area contributed by atoms with Crippen molar-refractivity contribution in [2.45, 2.75) is 40.2 Å². The van der Waals surface area contributed by atoms with Crippen LogP contribution in [0, 0.1) is 25.2 Å². The van der Waals surface area contributed by atoms with E-state index < -0.39 is 0 Å². The van der Waals surface area contributed by atoms with E-state index in [1.165, 1.54) is 10.2 Å². The molecule has 108 valence electrons. The van der Waals surface area contributed by atoms with Crippen LogP contribution in [-0.2, 0) is 6.54 Å². The van der Waals surface area contributed by atoms with Crippen molar-refractivity contribution < 1.29 is 0 Å². The summed E-state index contributed by atoms with van der Waals surface area (Å²) in [7, 11) is 0. The molecule has 0 radical (unpaired) electrons. The van der Waals surface area contributed by atoms with Gasteiger partial charge in [-0.1, -0.05) is 38.1 Å². The molecule has 0 spiro atoms. The van der Waals surface area contributed by atoms with Crippen molar-refractivity contribution in [3.63, 3.8) is 0 Å². The van der Waals surface area contributed by atoms with Crippen LogP contribution in [0.1, 0.15) is 47.7 Å². The lowest BCUT2D eigenvalue weighted by molar-refractivity contribution is 0.622. The quantitative estimate of drug-likeness (QED) is 0.869. The fraction of sp³-hybridized carbons (Fsp3) is 0.353. The molecule has 0 bridgehead atoms. The standard InChI is InChI=1S/C17H19N3O/c1-11(2)15-7-5-14(6-8-15)10-20-17(21)16(9-18)12(3)13(4)19-20/h5-8,11H,10H2,1-4H3. The Labute approximate surface area is 124 Å². The van der Waals surface area contributed by atoms with Gasteiger partial charge < -0.3 is 0 Å². The molecule has 0 N–H and O–H groups in total. The second-order valence-corrected chi connectivity index (χ2v) is 5.56. The monoisotopic (exact) mass is 281 g/mol. The summed E-state index contributed by atoms with van der Waals surface area (Å²) >= 11 is 0. The zero-order chi connectivity index (χ0) is 15.6. The topological polar surface area (TPSA) is 58.7 Å². The Balaban J connectivity index is 2.39. The highest BCUT2D eigenvalue weighted by atomic mass is 16.1. The fourth-order valence-corrected chi connectivity index (χ4v) is 2.19. The predicted molar refractivity (Wildman–Crippen MR) is 82.3 cm³/mol. The molecular formula is C17H19N3O. The minimum absolute atomic E-state index is 0.182. The molecule has 1 heterocycles. The van der Waals surface area contributed by atoms with Gasteiger partial charge in [0.25, 0.3) is 5.56 Å². The highest BCUT2D eigenvalue weighted by molar-refractivity contribution is 5.36. The van der Waals surface area contributed by atoms with Gasteiger partial charge in [0.2, 0.25) is 0 Å². The Kier molecular flexibility index (Phi) is 4.23. The Morgan fingerprint density at radius 2 is 1.86 bits per heavy atom. The van der Waals surface area contributed by atoms with Gasteiger partial charge in [0.05, 0.1) is 12.2 Å². The van der Waals surface area contributed by atoms with Crippen molar-refractivity contribution in [1.82, 2.24) is 9.78 Å². The van der Waals surface area contributed by atoms with Crippen LogP contribution in [-0.4, -0.2) is 9.78 Å². The third kappa shape index (κ3) is 3.03. The summed E-state index contributed by atoms with van der Waals surface area (Å²) in [6.45, 7) is 8.23. The first-order valence-electron chi connectivity index (χ1n) is 7.01. The van der Waals surface area contributed by atoms with E-state index >= 15 is 0 Å². The lowest BCUT2D eigenvalue weighted by Crippen LogP contribution is -2.27. The van der Waals surface area contributed by atoms with Crippen molar-refractivity contribution in [3.8, 4) is 6.07 Å². The van der Waals surface area contributed by atoms with E-state index in [2.05, 4.69) is 31.1 Å². The van der Waals surface area contributed by atoms with Gasteiger partial charge in [-0.2, -0.15) is 10.4 Å². The molecule has 0 fully saturated rings.